The molecule has 208 valence electrons. The lowest BCUT2D eigenvalue weighted by atomic mass is 9.90. The summed E-state index contributed by atoms with van der Waals surface area (Å²) in [5.74, 6) is 0. The largest absolute Gasteiger partial charge is 0.394 e. The summed E-state index contributed by atoms with van der Waals surface area (Å²) < 4.78 is 12.5. The smallest absolute Gasteiger partial charge is 0.330 e. The van der Waals surface area contributed by atoms with Crippen molar-refractivity contribution in [2.45, 2.75) is 63.6 Å². The number of nitrogens with zero attached hydrogens (tertiary/aromatic N) is 1. The molecule has 0 unspecified atom stereocenters. The van der Waals surface area contributed by atoms with Crippen LogP contribution in [0.4, 0.5) is 0 Å². The highest BCUT2D eigenvalue weighted by Crippen LogP contribution is 2.36. The van der Waals surface area contributed by atoms with E-state index in [4.69, 9.17) is 9.47 Å². The topological polar surface area (TPSA) is 114 Å². The normalized spacial score (nSPS) is 19.4. The first-order valence-corrected chi connectivity index (χ1v) is 14.1. The van der Waals surface area contributed by atoms with E-state index in [0.29, 0.717) is 12.2 Å². The zero-order chi connectivity index (χ0) is 27.6. The van der Waals surface area contributed by atoms with Crippen LogP contribution in [-0.2, 0) is 22.5 Å². The molecule has 1 aromatic heterocycles. The third-order valence-electron chi connectivity index (χ3n) is 8.10. The number of unbranched alkanes of at least 4 members (excludes halogenated alkanes) is 3. The molecule has 0 bridgehead atoms. The minimum atomic E-state index is -0.873. The first-order chi connectivity index (χ1) is 19.5. The molecule has 3 N–H and O–H groups in total. The summed E-state index contributed by atoms with van der Waals surface area (Å²) in [5, 5.41) is 27.2. The predicted molar refractivity (Wildman–Crippen MR) is 155 cm³/mol. The lowest BCUT2D eigenvalue weighted by Crippen LogP contribution is -2.34. The molecule has 1 aliphatic rings. The zero-order valence-corrected chi connectivity index (χ0v) is 22.3. The highest BCUT2D eigenvalue weighted by molar-refractivity contribution is 6.23. The lowest BCUT2D eigenvalue weighted by Gasteiger charge is -2.15. The van der Waals surface area contributed by atoms with Crippen LogP contribution in [0, 0.1) is 0 Å². The van der Waals surface area contributed by atoms with Crippen molar-refractivity contribution in [2.24, 2.45) is 0 Å². The number of hydrogen-bond acceptors (Lipinski definition) is 6. The summed E-state index contributed by atoms with van der Waals surface area (Å²) >= 11 is 0. The van der Waals surface area contributed by atoms with E-state index in [-0.39, 0.29) is 19.6 Å². The van der Waals surface area contributed by atoms with Crippen molar-refractivity contribution in [3.05, 3.63) is 92.8 Å². The van der Waals surface area contributed by atoms with Crippen LogP contribution >= 0.6 is 0 Å². The van der Waals surface area contributed by atoms with Crippen molar-refractivity contribution in [1.82, 2.24) is 9.55 Å². The number of ether oxygens (including phenoxy) is 2. The van der Waals surface area contributed by atoms with Gasteiger partial charge < -0.3 is 19.7 Å². The monoisotopic (exact) mass is 542 g/mol. The molecule has 2 heterocycles. The molecule has 3 atom stereocenters. The quantitative estimate of drug-likeness (QED) is 0.169. The van der Waals surface area contributed by atoms with Gasteiger partial charge in [0.15, 0.2) is 0 Å². The standard InChI is InChI=1S/C32H34N2O6/c35-18-27-26(36)16-28(40-27)34-17-24(31(37)33-32(34)38)19-39-15-4-2-1-3-6-20-9-10-23-12-11-21-7-5-8-22-13-14-25(20)30(23)29(21)22/h5,7-14,17,26-28,35-36H,1-4,6,15-16,18-19H2,(H,33,37,38)/t26-,27+,28+/m0/s1. The summed E-state index contributed by atoms with van der Waals surface area (Å²) in [5.41, 5.74) is 0.598. The number of hydrogen-bond donors (Lipinski definition) is 3. The second kappa shape index (κ2) is 11.5. The first kappa shape index (κ1) is 26.7. The fourth-order valence-corrected chi connectivity index (χ4v) is 5.96. The fourth-order valence-electron chi connectivity index (χ4n) is 5.96. The molecule has 1 saturated heterocycles. The highest BCUT2D eigenvalue weighted by atomic mass is 16.5. The molecule has 8 nitrogen and oxygen atoms in total. The number of aryl methyl sites for hydroxylation is 1. The third kappa shape index (κ3) is 5.15. The number of H-pyrrole nitrogens is 1. The van der Waals surface area contributed by atoms with Crippen LogP contribution in [0.5, 0.6) is 0 Å². The van der Waals surface area contributed by atoms with E-state index in [2.05, 4.69) is 59.6 Å². The number of rotatable bonds is 11. The van der Waals surface area contributed by atoms with Crippen molar-refractivity contribution in [3.8, 4) is 0 Å². The predicted octanol–water partition coefficient (Wildman–Crippen LogP) is 4.39. The van der Waals surface area contributed by atoms with E-state index in [1.165, 1.54) is 48.6 Å². The molecule has 0 radical (unpaired) electrons. The van der Waals surface area contributed by atoms with E-state index >= 15 is 0 Å². The van der Waals surface area contributed by atoms with E-state index < -0.39 is 29.7 Å². The summed E-state index contributed by atoms with van der Waals surface area (Å²) in [6.07, 6.45) is 4.33. The van der Waals surface area contributed by atoms with Gasteiger partial charge in [-0.3, -0.25) is 14.3 Å². The second-order valence-electron chi connectivity index (χ2n) is 10.7. The minimum absolute atomic E-state index is 0.0804. The zero-order valence-electron chi connectivity index (χ0n) is 22.3. The number of nitrogens with one attached hydrogen (secondary N) is 1. The highest BCUT2D eigenvalue weighted by Gasteiger charge is 2.35. The Labute approximate surface area is 231 Å². The summed E-state index contributed by atoms with van der Waals surface area (Å²) in [7, 11) is 0. The van der Waals surface area contributed by atoms with Gasteiger partial charge in [0.05, 0.1) is 24.9 Å². The summed E-state index contributed by atoms with van der Waals surface area (Å²) in [6.45, 7) is 0.254. The number of benzene rings is 4. The number of aromatic amines is 1. The Bertz CT molecular complexity index is 1730. The van der Waals surface area contributed by atoms with Gasteiger partial charge in [0.25, 0.3) is 5.56 Å². The number of aromatic nitrogens is 2. The van der Waals surface area contributed by atoms with Crippen LogP contribution in [0.2, 0.25) is 0 Å². The first-order valence-electron chi connectivity index (χ1n) is 14.1. The van der Waals surface area contributed by atoms with Gasteiger partial charge in [-0.25, -0.2) is 4.79 Å². The van der Waals surface area contributed by atoms with Gasteiger partial charge in [-0.1, -0.05) is 67.4 Å². The average Bonchev–Trinajstić information content (AvgIpc) is 3.34. The molecule has 0 aliphatic carbocycles. The molecule has 8 heteroatoms. The molecule has 40 heavy (non-hydrogen) atoms. The van der Waals surface area contributed by atoms with Crippen LogP contribution in [-0.4, -0.2) is 45.2 Å². The molecular weight excluding hydrogens is 508 g/mol. The molecule has 1 fully saturated rings. The Kier molecular flexibility index (Phi) is 7.67. The fraction of sp³-hybridized carbons (Fsp3) is 0.375. The minimum Gasteiger partial charge on any atom is -0.394 e. The Morgan fingerprint density at radius 1 is 0.900 bits per heavy atom. The summed E-state index contributed by atoms with van der Waals surface area (Å²) in [4.78, 5) is 26.8. The van der Waals surface area contributed by atoms with Crippen molar-refractivity contribution in [1.29, 1.82) is 0 Å². The molecular formula is C32H34N2O6. The third-order valence-corrected chi connectivity index (χ3v) is 8.10. The van der Waals surface area contributed by atoms with Crippen LogP contribution in [0.1, 0.15) is 49.5 Å². The molecule has 0 spiro atoms. The Morgan fingerprint density at radius 2 is 1.62 bits per heavy atom. The Morgan fingerprint density at radius 3 is 2.40 bits per heavy atom. The Balaban J connectivity index is 0.991. The average molecular weight is 543 g/mol. The van der Waals surface area contributed by atoms with Gasteiger partial charge in [0.1, 0.15) is 12.3 Å². The van der Waals surface area contributed by atoms with Gasteiger partial charge in [0.2, 0.25) is 0 Å². The molecule has 0 saturated carbocycles. The molecule has 4 aromatic carbocycles. The van der Waals surface area contributed by atoms with Crippen LogP contribution in [0.25, 0.3) is 32.3 Å². The van der Waals surface area contributed by atoms with E-state index in [9.17, 15) is 19.8 Å². The molecule has 0 amide bonds. The molecule has 5 aromatic rings. The second-order valence-corrected chi connectivity index (χ2v) is 10.7. The van der Waals surface area contributed by atoms with Crippen molar-refractivity contribution >= 4 is 32.3 Å². The Hall–Kier alpha value is -3.56. The van der Waals surface area contributed by atoms with Crippen LogP contribution < -0.4 is 11.2 Å². The summed E-state index contributed by atoms with van der Waals surface area (Å²) in [6, 6.07) is 19.9. The van der Waals surface area contributed by atoms with Gasteiger partial charge in [-0.2, -0.15) is 0 Å². The van der Waals surface area contributed by atoms with E-state index in [0.717, 1.165) is 32.1 Å². The maximum Gasteiger partial charge on any atom is 0.330 e. The van der Waals surface area contributed by atoms with Crippen molar-refractivity contribution in [2.75, 3.05) is 13.2 Å². The van der Waals surface area contributed by atoms with Crippen molar-refractivity contribution in [3.63, 3.8) is 0 Å². The van der Waals surface area contributed by atoms with Gasteiger partial charge >= 0.3 is 5.69 Å². The molecule has 1 aliphatic heterocycles. The lowest BCUT2D eigenvalue weighted by molar-refractivity contribution is -0.0461. The van der Waals surface area contributed by atoms with Gasteiger partial charge in [-0.05, 0) is 57.1 Å². The van der Waals surface area contributed by atoms with Gasteiger partial charge in [-0.15, -0.1) is 0 Å². The van der Waals surface area contributed by atoms with E-state index in [1.54, 1.807) is 0 Å². The number of aliphatic hydroxyl groups excluding tert-OH is 2. The van der Waals surface area contributed by atoms with E-state index in [1.807, 2.05) is 0 Å². The van der Waals surface area contributed by atoms with Crippen LogP contribution in [0.15, 0.2) is 70.4 Å². The maximum absolute atomic E-state index is 12.3. The van der Waals surface area contributed by atoms with Crippen LogP contribution in [0.3, 0.4) is 0 Å². The maximum atomic E-state index is 12.3. The number of aliphatic hydroxyl groups is 2. The van der Waals surface area contributed by atoms with Crippen molar-refractivity contribution < 1.29 is 19.7 Å². The SMILES string of the molecule is O=c1[nH]c(=O)n([C@H]2C[C@H](O)[C@@H](CO)O2)cc1COCCCCCCc1ccc2ccc3cccc4ccc1c2c34. The van der Waals surface area contributed by atoms with Gasteiger partial charge in [0, 0.05) is 19.2 Å². The molecule has 6 rings (SSSR count).